The first-order chi connectivity index (χ1) is 8.58. The van der Waals surface area contributed by atoms with Gasteiger partial charge >= 0.3 is 5.97 Å². The van der Waals surface area contributed by atoms with E-state index < -0.39 is 5.97 Å². The van der Waals surface area contributed by atoms with Crippen molar-refractivity contribution in [3.63, 3.8) is 0 Å². The van der Waals surface area contributed by atoms with Gasteiger partial charge in [-0.05, 0) is 25.1 Å². The van der Waals surface area contributed by atoms with E-state index in [1.165, 1.54) is 12.1 Å². The van der Waals surface area contributed by atoms with E-state index in [9.17, 15) is 4.79 Å². The summed E-state index contributed by atoms with van der Waals surface area (Å²) in [5.74, 6) is -0.892. The van der Waals surface area contributed by atoms with Crippen LogP contribution in [0.1, 0.15) is 21.7 Å². The second kappa shape index (κ2) is 5.05. The number of carboxylic acid groups (broad SMARTS) is 1. The number of aromatic nitrogens is 2. The fourth-order valence-electron chi connectivity index (χ4n) is 1.32. The number of carboxylic acids is 1. The summed E-state index contributed by atoms with van der Waals surface area (Å²) < 4.78 is 9.89. The molecule has 2 aromatic rings. The molecule has 0 spiro atoms. The molecule has 0 aliphatic heterocycles. The largest absolute Gasteiger partial charge is 0.486 e. The standard InChI is InChI=1S/C11H9ClN2O4/c1-6-9(14-18-13-6)5-17-10-3-2-7(12)4-8(10)11(15)16/h2-4H,5H2,1H3,(H,15,16). The van der Waals surface area contributed by atoms with E-state index in [4.69, 9.17) is 21.4 Å². The zero-order chi connectivity index (χ0) is 13.1. The first-order valence-corrected chi connectivity index (χ1v) is 5.39. The van der Waals surface area contributed by atoms with Crippen LogP contribution in [-0.2, 0) is 6.61 Å². The van der Waals surface area contributed by atoms with Crippen molar-refractivity contribution in [1.82, 2.24) is 10.3 Å². The van der Waals surface area contributed by atoms with Crippen molar-refractivity contribution in [3.05, 3.63) is 40.2 Å². The van der Waals surface area contributed by atoms with Crippen molar-refractivity contribution in [2.75, 3.05) is 0 Å². The Kier molecular flexibility index (Phi) is 3.47. The summed E-state index contributed by atoms with van der Waals surface area (Å²) in [5, 5.41) is 16.6. The maximum atomic E-state index is 11.0. The Hall–Kier alpha value is -2.08. The predicted molar refractivity (Wildman–Crippen MR) is 61.8 cm³/mol. The highest BCUT2D eigenvalue weighted by molar-refractivity contribution is 6.31. The van der Waals surface area contributed by atoms with Gasteiger partial charge in [0.2, 0.25) is 0 Å². The first kappa shape index (κ1) is 12.4. The minimum Gasteiger partial charge on any atom is -0.486 e. The van der Waals surface area contributed by atoms with Crippen molar-refractivity contribution >= 4 is 17.6 Å². The van der Waals surface area contributed by atoms with Gasteiger partial charge < -0.3 is 9.84 Å². The second-order valence-electron chi connectivity index (χ2n) is 3.53. The normalized spacial score (nSPS) is 10.3. The van der Waals surface area contributed by atoms with Crippen molar-refractivity contribution in [2.45, 2.75) is 13.5 Å². The van der Waals surface area contributed by atoms with Gasteiger partial charge in [-0.2, -0.15) is 0 Å². The van der Waals surface area contributed by atoms with Crippen LogP contribution < -0.4 is 4.74 Å². The molecule has 1 aromatic carbocycles. The second-order valence-corrected chi connectivity index (χ2v) is 3.97. The molecule has 6 nitrogen and oxygen atoms in total. The molecular weight excluding hydrogens is 260 g/mol. The van der Waals surface area contributed by atoms with Crippen LogP contribution >= 0.6 is 11.6 Å². The molecule has 0 aliphatic rings. The van der Waals surface area contributed by atoms with E-state index in [-0.39, 0.29) is 17.9 Å². The molecule has 1 aromatic heterocycles. The number of ether oxygens (including phenoxy) is 1. The Morgan fingerprint density at radius 3 is 2.89 bits per heavy atom. The third-order valence-electron chi connectivity index (χ3n) is 2.28. The number of hydrogen-bond acceptors (Lipinski definition) is 5. The third-order valence-corrected chi connectivity index (χ3v) is 2.52. The van der Waals surface area contributed by atoms with Crippen molar-refractivity contribution in [1.29, 1.82) is 0 Å². The SMILES string of the molecule is Cc1nonc1COc1ccc(Cl)cc1C(=O)O. The van der Waals surface area contributed by atoms with Crippen molar-refractivity contribution in [2.24, 2.45) is 0 Å². The van der Waals surface area contributed by atoms with Gasteiger partial charge in [0.15, 0.2) is 0 Å². The zero-order valence-electron chi connectivity index (χ0n) is 9.38. The average Bonchev–Trinajstić information content (AvgIpc) is 2.73. The molecule has 0 bridgehead atoms. The molecule has 0 amide bonds. The quantitative estimate of drug-likeness (QED) is 0.916. The first-order valence-electron chi connectivity index (χ1n) is 5.01. The molecule has 0 radical (unpaired) electrons. The van der Waals surface area contributed by atoms with Crippen LogP contribution in [0.15, 0.2) is 22.8 Å². The molecule has 0 saturated heterocycles. The summed E-state index contributed by atoms with van der Waals surface area (Å²) in [6, 6.07) is 4.37. The van der Waals surface area contributed by atoms with Gasteiger partial charge in [-0.15, -0.1) is 0 Å². The molecule has 0 unspecified atom stereocenters. The van der Waals surface area contributed by atoms with Gasteiger partial charge in [-0.3, -0.25) is 0 Å². The summed E-state index contributed by atoms with van der Waals surface area (Å²) in [4.78, 5) is 11.0. The van der Waals surface area contributed by atoms with Crippen LogP contribution in [0.2, 0.25) is 5.02 Å². The number of halogens is 1. The number of nitrogens with zero attached hydrogens (tertiary/aromatic N) is 2. The predicted octanol–water partition coefficient (Wildman–Crippen LogP) is 2.31. The van der Waals surface area contributed by atoms with Crippen molar-refractivity contribution < 1.29 is 19.3 Å². The fourth-order valence-corrected chi connectivity index (χ4v) is 1.49. The van der Waals surface area contributed by atoms with Crippen molar-refractivity contribution in [3.8, 4) is 5.75 Å². The highest BCUT2D eigenvalue weighted by Gasteiger charge is 2.13. The van der Waals surface area contributed by atoms with Crippen LogP contribution in [-0.4, -0.2) is 21.4 Å². The summed E-state index contributed by atoms with van der Waals surface area (Å²) in [6.45, 7) is 1.80. The molecule has 1 heterocycles. The number of benzene rings is 1. The molecule has 0 fully saturated rings. The maximum absolute atomic E-state index is 11.0. The molecule has 1 N–H and O–H groups in total. The number of aromatic carboxylic acids is 1. The topological polar surface area (TPSA) is 85.5 Å². The molecule has 94 valence electrons. The molecule has 0 saturated carbocycles. The molecule has 0 atom stereocenters. The Morgan fingerprint density at radius 2 is 2.28 bits per heavy atom. The average molecular weight is 269 g/mol. The highest BCUT2D eigenvalue weighted by atomic mass is 35.5. The fraction of sp³-hybridized carbons (Fsp3) is 0.182. The maximum Gasteiger partial charge on any atom is 0.339 e. The lowest BCUT2D eigenvalue weighted by atomic mass is 10.2. The lowest BCUT2D eigenvalue weighted by molar-refractivity contribution is 0.0691. The number of hydrogen-bond donors (Lipinski definition) is 1. The molecular formula is C11H9ClN2O4. The monoisotopic (exact) mass is 268 g/mol. The number of carbonyl (C=O) groups is 1. The van der Waals surface area contributed by atoms with Crippen LogP contribution in [0.5, 0.6) is 5.75 Å². The number of rotatable bonds is 4. The van der Waals surface area contributed by atoms with Crippen LogP contribution in [0.3, 0.4) is 0 Å². The minimum atomic E-state index is -1.11. The lowest BCUT2D eigenvalue weighted by Crippen LogP contribution is -2.04. The summed E-state index contributed by atoms with van der Waals surface area (Å²) in [6.07, 6.45) is 0. The van der Waals surface area contributed by atoms with Crippen LogP contribution in [0.25, 0.3) is 0 Å². The van der Waals surface area contributed by atoms with E-state index in [0.29, 0.717) is 16.4 Å². The third kappa shape index (κ3) is 2.60. The summed E-state index contributed by atoms with van der Waals surface area (Å²) in [7, 11) is 0. The van der Waals surface area contributed by atoms with E-state index in [1.807, 2.05) is 0 Å². The Bertz CT molecular complexity index is 582. The van der Waals surface area contributed by atoms with Gasteiger partial charge in [-0.1, -0.05) is 21.9 Å². The van der Waals surface area contributed by atoms with Crippen LogP contribution in [0, 0.1) is 6.92 Å². The lowest BCUT2D eigenvalue weighted by Gasteiger charge is -2.07. The van der Waals surface area contributed by atoms with Gasteiger partial charge in [-0.25, -0.2) is 9.42 Å². The number of aryl methyl sites for hydroxylation is 1. The Morgan fingerprint density at radius 1 is 1.50 bits per heavy atom. The van der Waals surface area contributed by atoms with Gasteiger partial charge in [0.1, 0.15) is 29.3 Å². The molecule has 2 rings (SSSR count). The van der Waals surface area contributed by atoms with Gasteiger partial charge in [0, 0.05) is 5.02 Å². The summed E-state index contributed by atoms with van der Waals surface area (Å²) >= 11 is 5.73. The van der Waals surface area contributed by atoms with E-state index in [1.54, 1.807) is 13.0 Å². The summed E-state index contributed by atoms with van der Waals surface area (Å²) in [5.41, 5.74) is 1.11. The Balaban J connectivity index is 2.19. The van der Waals surface area contributed by atoms with Gasteiger partial charge in [0.25, 0.3) is 0 Å². The van der Waals surface area contributed by atoms with E-state index in [0.717, 1.165) is 0 Å². The zero-order valence-corrected chi connectivity index (χ0v) is 10.1. The van der Waals surface area contributed by atoms with E-state index in [2.05, 4.69) is 14.9 Å². The molecule has 18 heavy (non-hydrogen) atoms. The van der Waals surface area contributed by atoms with Crippen LogP contribution in [0.4, 0.5) is 0 Å². The highest BCUT2D eigenvalue weighted by Crippen LogP contribution is 2.23. The van der Waals surface area contributed by atoms with Gasteiger partial charge in [0.05, 0.1) is 0 Å². The van der Waals surface area contributed by atoms with E-state index >= 15 is 0 Å². The molecule has 0 aliphatic carbocycles. The smallest absolute Gasteiger partial charge is 0.339 e. The minimum absolute atomic E-state index is 0.00314. The molecule has 7 heteroatoms. The Labute approximate surface area is 107 Å².